The van der Waals surface area contributed by atoms with Gasteiger partial charge in [-0.2, -0.15) is 0 Å². The molecule has 122 valence electrons. The Hall–Kier alpha value is -2.42. The highest BCUT2D eigenvalue weighted by atomic mass is 16.9. The van der Waals surface area contributed by atoms with E-state index in [-0.39, 0.29) is 25.3 Å². The molecule has 3 N–H and O–H groups in total. The fraction of sp³-hybridized carbons (Fsp3) is 0.333. The van der Waals surface area contributed by atoms with E-state index in [2.05, 4.69) is 5.32 Å². The van der Waals surface area contributed by atoms with E-state index in [1.165, 1.54) is 4.90 Å². The number of nitrogens with zero attached hydrogens (tertiary/aromatic N) is 1. The molecule has 1 atom stereocenters. The molecule has 1 saturated heterocycles. The summed E-state index contributed by atoms with van der Waals surface area (Å²) in [5.41, 5.74) is 5.99. The SMILES string of the molecule is NC1C=CN(C2COC(OC(=O)c3ccccc3)OC2)C(=O)N1. The first-order chi connectivity index (χ1) is 11.1. The Kier molecular flexibility index (Phi) is 4.56. The number of hydrogen-bond donors (Lipinski definition) is 2. The summed E-state index contributed by atoms with van der Waals surface area (Å²) in [6.45, 7) is -0.725. The topological polar surface area (TPSA) is 103 Å². The summed E-state index contributed by atoms with van der Waals surface area (Å²) in [4.78, 5) is 25.2. The minimum Gasteiger partial charge on any atom is -0.407 e. The van der Waals surface area contributed by atoms with Crippen molar-refractivity contribution in [3.05, 3.63) is 48.2 Å². The quantitative estimate of drug-likeness (QED) is 0.780. The number of amides is 2. The van der Waals surface area contributed by atoms with Crippen molar-refractivity contribution in [3.8, 4) is 0 Å². The van der Waals surface area contributed by atoms with Crippen LogP contribution in [0, 0.1) is 0 Å². The minimum absolute atomic E-state index is 0.180. The third kappa shape index (κ3) is 3.67. The van der Waals surface area contributed by atoms with Crippen molar-refractivity contribution in [3.63, 3.8) is 0 Å². The van der Waals surface area contributed by atoms with Gasteiger partial charge >= 0.3 is 18.5 Å². The first kappa shape index (κ1) is 15.5. The Morgan fingerprint density at radius 2 is 1.96 bits per heavy atom. The molecule has 0 bridgehead atoms. The van der Waals surface area contributed by atoms with Gasteiger partial charge in [-0.05, 0) is 18.2 Å². The zero-order valence-electron chi connectivity index (χ0n) is 12.3. The molecule has 2 heterocycles. The second-order valence-electron chi connectivity index (χ2n) is 5.10. The number of benzene rings is 1. The lowest BCUT2D eigenvalue weighted by Crippen LogP contribution is -2.56. The van der Waals surface area contributed by atoms with Crippen LogP contribution in [-0.2, 0) is 14.2 Å². The van der Waals surface area contributed by atoms with Crippen LogP contribution in [0.25, 0.3) is 0 Å². The Bertz CT molecular complexity index is 598. The van der Waals surface area contributed by atoms with Crippen molar-refractivity contribution >= 4 is 12.0 Å². The molecule has 2 amide bonds. The Morgan fingerprint density at radius 1 is 1.26 bits per heavy atom. The Labute approximate surface area is 132 Å². The second kappa shape index (κ2) is 6.78. The van der Waals surface area contributed by atoms with Crippen LogP contribution >= 0.6 is 0 Å². The van der Waals surface area contributed by atoms with Gasteiger partial charge < -0.3 is 25.3 Å². The van der Waals surface area contributed by atoms with Gasteiger partial charge in [0.1, 0.15) is 0 Å². The number of carbonyl (C=O) groups excluding carboxylic acids is 2. The van der Waals surface area contributed by atoms with Crippen LogP contribution in [0.2, 0.25) is 0 Å². The molecule has 0 spiro atoms. The van der Waals surface area contributed by atoms with Crippen molar-refractivity contribution in [1.82, 2.24) is 10.2 Å². The molecule has 23 heavy (non-hydrogen) atoms. The lowest BCUT2D eigenvalue weighted by atomic mass is 10.2. The van der Waals surface area contributed by atoms with Crippen molar-refractivity contribution in [2.24, 2.45) is 5.73 Å². The van der Waals surface area contributed by atoms with Gasteiger partial charge in [0.05, 0.1) is 31.0 Å². The van der Waals surface area contributed by atoms with E-state index >= 15 is 0 Å². The smallest absolute Gasteiger partial charge is 0.342 e. The van der Waals surface area contributed by atoms with E-state index in [1.807, 2.05) is 0 Å². The number of nitrogens with two attached hydrogens (primary N) is 1. The normalized spacial score (nSPS) is 27.4. The van der Waals surface area contributed by atoms with Gasteiger partial charge in [0.25, 0.3) is 0 Å². The highest BCUT2D eigenvalue weighted by Crippen LogP contribution is 2.16. The van der Waals surface area contributed by atoms with E-state index in [4.69, 9.17) is 19.9 Å². The molecule has 0 saturated carbocycles. The van der Waals surface area contributed by atoms with Gasteiger partial charge in [0.2, 0.25) is 0 Å². The Morgan fingerprint density at radius 3 is 2.61 bits per heavy atom. The number of hydrogen-bond acceptors (Lipinski definition) is 6. The molecule has 1 unspecified atom stereocenters. The average Bonchev–Trinajstić information content (AvgIpc) is 2.57. The average molecular weight is 319 g/mol. The molecule has 2 aliphatic heterocycles. The summed E-state index contributed by atoms with van der Waals surface area (Å²) < 4.78 is 15.8. The molecule has 0 aromatic heterocycles. The molecule has 3 rings (SSSR count). The molecule has 2 aliphatic rings. The van der Waals surface area contributed by atoms with Crippen LogP contribution in [0.5, 0.6) is 0 Å². The van der Waals surface area contributed by atoms with Crippen molar-refractivity contribution in [2.75, 3.05) is 13.2 Å². The zero-order chi connectivity index (χ0) is 16.2. The van der Waals surface area contributed by atoms with Crippen LogP contribution in [-0.4, -0.2) is 48.8 Å². The third-order valence-corrected chi connectivity index (χ3v) is 3.43. The molecule has 1 fully saturated rings. The number of esters is 1. The van der Waals surface area contributed by atoms with Crippen molar-refractivity contribution in [2.45, 2.75) is 18.7 Å². The lowest BCUT2D eigenvalue weighted by molar-refractivity contribution is -0.296. The molecule has 0 aliphatic carbocycles. The molecular weight excluding hydrogens is 302 g/mol. The fourth-order valence-corrected chi connectivity index (χ4v) is 2.24. The lowest BCUT2D eigenvalue weighted by Gasteiger charge is -2.36. The zero-order valence-corrected chi connectivity index (χ0v) is 12.3. The molecule has 1 aromatic rings. The van der Waals surface area contributed by atoms with E-state index in [9.17, 15) is 9.59 Å². The first-order valence-corrected chi connectivity index (χ1v) is 7.15. The minimum atomic E-state index is -1.09. The summed E-state index contributed by atoms with van der Waals surface area (Å²) in [6.07, 6.45) is 2.75. The third-order valence-electron chi connectivity index (χ3n) is 3.43. The highest BCUT2D eigenvalue weighted by Gasteiger charge is 2.32. The summed E-state index contributed by atoms with van der Waals surface area (Å²) >= 11 is 0. The number of urea groups is 1. The van der Waals surface area contributed by atoms with Gasteiger partial charge in [0.15, 0.2) is 0 Å². The molecule has 1 aromatic carbocycles. The highest BCUT2D eigenvalue weighted by molar-refractivity contribution is 5.89. The Balaban J connectivity index is 1.52. The maximum absolute atomic E-state index is 11.9. The van der Waals surface area contributed by atoms with E-state index in [0.717, 1.165) is 0 Å². The van der Waals surface area contributed by atoms with Crippen LogP contribution in [0.1, 0.15) is 10.4 Å². The number of ether oxygens (including phenoxy) is 3. The monoisotopic (exact) mass is 319 g/mol. The number of carbonyl (C=O) groups is 2. The van der Waals surface area contributed by atoms with E-state index < -0.39 is 18.6 Å². The largest absolute Gasteiger partial charge is 0.407 e. The van der Waals surface area contributed by atoms with E-state index in [0.29, 0.717) is 5.56 Å². The molecular formula is C15H17N3O5. The molecule has 8 nitrogen and oxygen atoms in total. The van der Waals surface area contributed by atoms with Gasteiger partial charge in [-0.25, -0.2) is 9.59 Å². The van der Waals surface area contributed by atoms with Crippen LogP contribution in [0.4, 0.5) is 4.79 Å². The second-order valence-corrected chi connectivity index (χ2v) is 5.10. The summed E-state index contributed by atoms with van der Waals surface area (Å²) in [5.74, 6) is -0.532. The predicted molar refractivity (Wildman–Crippen MR) is 78.8 cm³/mol. The molecule has 0 radical (unpaired) electrons. The predicted octanol–water partition coefficient (Wildman–Crippen LogP) is 0.366. The summed E-state index contributed by atoms with van der Waals surface area (Å²) in [5, 5.41) is 2.57. The molecule has 8 heteroatoms. The summed E-state index contributed by atoms with van der Waals surface area (Å²) in [6, 6.07) is 7.92. The van der Waals surface area contributed by atoms with Crippen LogP contribution in [0.3, 0.4) is 0 Å². The van der Waals surface area contributed by atoms with Crippen LogP contribution in [0.15, 0.2) is 42.6 Å². The van der Waals surface area contributed by atoms with Crippen molar-refractivity contribution in [1.29, 1.82) is 0 Å². The standard InChI is InChI=1S/C15H17N3O5/c16-12-6-7-18(14(20)17-12)11-8-21-15(22-9-11)23-13(19)10-4-2-1-3-5-10/h1-7,11-12,15H,8-9,16H2,(H,17,20). The number of rotatable bonds is 3. The summed E-state index contributed by atoms with van der Waals surface area (Å²) in [7, 11) is 0. The van der Waals surface area contributed by atoms with Gasteiger partial charge in [0, 0.05) is 6.20 Å². The first-order valence-electron chi connectivity index (χ1n) is 7.15. The van der Waals surface area contributed by atoms with Gasteiger partial charge in [-0.3, -0.25) is 4.90 Å². The van der Waals surface area contributed by atoms with Crippen LogP contribution < -0.4 is 11.1 Å². The fourth-order valence-electron chi connectivity index (χ4n) is 2.24. The van der Waals surface area contributed by atoms with Gasteiger partial charge in [-0.15, -0.1) is 0 Å². The van der Waals surface area contributed by atoms with Gasteiger partial charge in [-0.1, -0.05) is 18.2 Å². The maximum atomic E-state index is 11.9. The maximum Gasteiger partial charge on any atom is 0.342 e. The van der Waals surface area contributed by atoms with Crippen molar-refractivity contribution < 1.29 is 23.8 Å². The van der Waals surface area contributed by atoms with E-state index in [1.54, 1.807) is 42.6 Å². The number of nitrogens with one attached hydrogen (secondary N) is 1.